The molecule has 0 saturated carbocycles. The molecule has 420 valence electrons. The SMILES string of the molecule is COc1ccc(C(c2ccc(OC)cc2)(C(F)(F)F)C(F)(F)F)cc1.COc1ccc(Cc2ccc(OC)cc2)cc1.COc1ccc(OC)cc1.COc1ccc(Oc2ccc(OC)cc2)cc1.COc1cccc(OC)c1. The van der Waals surface area contributed by atoms with E-state index in [0.717, 1.165) is 112 Å². The molecule has 0 amide bonds. The van der Waals surface area contributed by atoms with Crippen molar-refractivity contribution in [3.8, 4) is 69.0 Å². The zero-order valence-corrected chi connectivity index (χ0v) is 45.4. The van der Waals surface area contributed by atoms with Crippen LogP contribution in [-0.2, 0) is 11.8 Å². The molecule has 11 nitrogen and oxygen atoms in total. The van der Waals surface area contributed by atoms with Crippen LogP contribution in [0.4, 0.5) is 26.3 Å². The zero-order chi connectivity index (χ0) is 57.9. The summed E-state index contributed by atoms with van der Waals surface area (Å²) in [5, 5.41) is 0. The zero-order valence-electron chi connectivity index (χ0n) is 45.4. The van der Waals surface area contributed by atoms with Crippen molar-refractivity contribution in [1.29, 1.82) is 0 Å². The first kappa shape index (κ1) is 62.7. The predicted octanol–water partition coefficient (Wildman–Crippen LogP) is 15.3. The summed E-state index contributed by atoms with van der Waals surface area (Å²) in [5.41, 5.74) is -3.51. The fourth-order valence-electron chi connectivity index (χ4n) is 7.25. The van der Waals surface area contributed by atoms with Gasteiger partial charge in [0.15, 0.2) is 0 Å². The van der Waals surface area contributed by atoms with E-state index in [1.54, 1.807) is 56.9 Å². The van der Waals surface area contributed by atoms with Crippen molar-refractivity contribution in [2.75, 3.05) is 71.1 Å². The van der Waals surface area contributed by atoms with E-state index in [1.165, 1.54) is 25.3 Å². The third kappa shape index (κ3) is 18.7. The first-order valence-corrected chi connectivity index (χ1v) is 23.9. The Morgan fingerprint density at radius 3 is 0.671 bits per heavy atom. The maximum atomic E-state index is 13.8. The molecule has 8 aromatic rings. The Bertz CT molecular complexity index is 2650. The summed E-state index contributed by atoms with van der Waals surface area (Å²) in [7, 11) is 15.7. The summed E-state index contributed by atoms with van der Waals surface area (Å²) >= 11 is 0. The highest BCUT2D eigenvalue weighted by molar-refractivity contribution is 5.47. The Morgan fingerprint density at radius 2 is 0.456 bits per heavy atom. The van der Waals surface area contributed by atoms with Crippen LogP contribution in [0.5, 0.6) is 69.0 Å². The minimum atomic E-state index is -5.62. The average Bonchev–Trinajstić information content (AvgIpc) is 3.63. The highest BCUT2D eigenvalue weighted by Gasteiger charge is 2.72. The van der Waals surface area contributed by atoms with Gasteiger partial charge in [0.2, 0.25) is 5.41 Å². The smallest absolute Gasteiger partial charge is 0.411 e. The summed E-state index contributed by atoms with van der Waals surface area (Å²) in [6, 6.07) is 53.4. The quantitative estimate of drug-likeness (QED) is 0.0865. The van der Waals surface area contributed by atoms with Gasteiger partial charge in [0.25, 0.3) is 0 Å². The number of methoxy groups -OCH3 is 10. The van der Waals surface area contributed by atoms with E-state index >= 15 is 0 Å². The lowest BCUT2D eigenvalue weighted by atomic mass is 9.73. The number of rotatable bonds is 16. The Balaban J connectivity index is 0.000000222. The summed E-state index contributed by atoms with van der Waals surface area (Å²) in [6.45, 7) is 0. The Kier molecular flexibility index (Phi) is 24.9. The molecular formula is C62H64F6O11. The van der Waals surface area contributed by atoms with Gasteiger partial charge in [0.1, 0.15) is 69.0 Å². The minimum Gasteiger partial charge on any atom is -0.497 e. The molecule has 0 bridgehead atoms. The Labute approximate surface area is 457 Å². The summed E-state index contributed by atoms with van der Waals surface area (Å²) in [6.07, 6.45) is -10.3. The molecule has 0 aromatic heterocycles. The predicted molar refractivity (Wildman–Crippen MR) is 293 cm³/mol. The minimum absolute atomic E-state index is 0.150. The molecule has 0 atom stereocenters. The molecule has 0 aliphatic heterocycles. The molecule has 0 N–H and O–H groups in total. The van der Waals surface area contributed by atoms with Crippen LogP contribution in [0.3, 0.4) is 0 Å². The molecule has 0 aliphatic rings. The molecule has 8 aromatic carbocycles. The van der Waals surface area contributed by atoms with Crippen molar-refractivity contribution in [2.45, 2.75) is 24.2 Å². The van der Waals surface area contributed by atoms with E-state index in [4.69, 9.17) is 52.1 Å². The number of benzene rings is 8. The van der Waals surface area contributed by atoms with Crippen LogP contribution in [0.15, 0.2) is 194 Å². The highest BCUT2D eigenvalue weighted by atomic mass is 19.4. The topological polar surface area (TPSA) is 102 Å². The lowest BCUT2D eigenvalue weighted by Gasteiger charge is -2.38. The third-order valence-electron chi connectivity index (χ3n) is 11.5. The Hall–Kier alpha value is -8.86. The normalized spacial score (nSPS) is 10.6. The second-order valence-corrected chi connectivity index (χ2v) is 16.3. The molecule has 17 heteroatoms. The van der Waals surface area contributed by atoms with Crippen molar-refractivity contribution in [2.24, 2.45) is 0 Å². The van der Waals surface area contributed by atoms with Crippen LogP contribution in [0.2, 0.25) is 0 Å². The Morgan fingerprint density at radius 1 is 0.253 bits per heavy atom. The van der Waals surface area contributed by atoms with Crippen molar-refractivity contribution < 1.29 is 78.4 Å². The summed E-state index contributed by atoms with van der Waals surface area (Å²) in [5.74, 6) is 8.59. The van der Waals surface area contributed by atoms with Crippen LogP contribution in [-0.4, -0.2) is 83.5 Å². The van der Waals surface area contributed by atoms with Gasteiger partial charge in [-0.1, -0.05) is 54.6 Å². The standard InChI is InChI=1S/C17H14F6O2.C15H16O2.C14H14O3.2C8H10O2/c1-24-13-7-3-11(4-8-13)15(16(18,19)20,17(21,22)23)12-5-9-14(25-2)10-6-12;1-16-14-7-3-12(4-8-14)11-13-5-9-15(17-2)10-6-13;1-15-11-3-7-13(8-4-11)17-14-9-5-12(16-2)6-10-14;1-9-7-3-5-8(10-2)6-4-7;1-9-7-4-3-5-8(6-7)10-2/h3-10H,1-2H3;3-10H,11H2,1-2H3;3-10H,1-2H3;2*3-6H,1-2H3. The van der Waals surface area contributed by atoms with Gasteiger partial charge in [-0.3, -0.25) is 0 Å². The molecule has 0 spiro atoms. The fraction of sp³-hybridized carbons (Fsp3) is 0.226. The lowest BCUT2D eigenvalue weighted by Crippen LogP contribution is -2.54. The number of hydrogen-bond acceptors (Lipinski definition) is 11. The van der Waals surface area contributed by atoms with Crippen LogP contribution >= 0.6 is 0 Å². The maximum Gasteiger partial charge on any atom is 0.411 e. The van der Waals surface area contributed by atoms with Gasteiger partial charge in [-0.15, -0.1) is 0 Å². The summed E-state index contributed by atoms with van der Waals surface area (Å²) < 4.78 is 139. The van der Waals surface area contributed by atoms with E-state index in [-0.39, 0.29) is 11.5 Å². The molecule has 0 radical (unpaired) electrons. The van der Waals surface area contributed by atoms with Crippen molar-refractivity contribution in [1.82, 2.24) is 0 Å². The van der Waals surface area contributed by atoms with Crippen molar-refractivity contribution in [3.05, 3.63) is 216 Å². The number of ether oxygens (including phenoxy) is 11. The third-order valence-corrected chi connectivity index (χ3v) is 11.5. The van der Waals surface area contributed by atoms with E-state index in [2.05, 4.69) is 24.3 Å². The number of alkyl halides is 6. The van der Waals surface area contributed by atoms with Crippen LogP contribution in [0.1, 0.15) is 22.3 Å². The lowest BCUT2D eigenvalue weighted by molar-refractivity contribution is -0.288. The van der Waals surface area contributed by atoms with Gasteiger partial charge in [-0.05, 0) is 162 Å². The van der Waals surface area contributed by atoms with Crippen LogP contribution < -0.4 is 52.1 Å². The molecular weight excluding hydrogens is 1030 g/mol. The van der Waals surface area contributed by atoms with E-state index < -0.39 is 28.9 Å². The highest BCUT2D eigenvalue weighted by Crippen LogP contribution is 2.56. The van der Waals surface area contributed by atoms with Gasteiger partial charge in [0.05, 0.1) is 71.1 Å². The monoisotopic (exact) mass is 1100 g/mol. The second kappa shape index (κ2) is 31.4. The van der Waals surface area contributed by atoms with Gasteiger partial charge < -0.3 is 52.1 Å². The fourth-order valence-corrected chi connectivity index (χ4v) is 7.25. The van der Waals surface area contributed by atoms with Crippen LogP contribution in [0.25, 0.3) is 0 Å². The molecule has 0 saturated heterocycles. The van der Waals surface area contributed by atoms with Gasteiger partial charge in [-0.2, -0.15) is 26.3 Å². The summed E-state index contributed by atoms with van der Waals surface area (Å²) in [4.78, 5) is 0. The second-order valence-electron chi connectivity index (χ2n) is 16.3. The first-order valence-electron chi connectivity index (χ1n) is 23.9. The number of hydrogen-bond donors (Lipinski definition) is 0. The molecule has 0 heterocycles. The molecule has 0 fully saturated rings. The van der Waals surface area contributed by atoms with E-state index in [1.807, 2.05) is 121 Å². The molecule has 79 heavy (non-hydrogen) atoms. The molecule has 0 aliphatic carbocycles. The largest absolute Gasteiger partial charge is 0.497 e. The molecule has 0 unspecified atom stereocenters. The first-order chi connectivity index (χ1) is 37.9. The van der Waals surface area contributed by atoms with Crippen molar-refractivity contribution in [3.63, 3.8) is 0 Å². The van der Waals surface area contributed by atoms with E-state index in [9.17, 15) is 26.3 Å². The van der Waals surface area contributed by atoms with E-state index in [0.29, 0.717) is 0 Å². The van der Waals surface area contributed by atoms with Gasteiger partial charge >= 0.3 is 12.4 Å². The average molecular weight is 1100 g/mol. The van der Waals surface area contributed by atoms with Crippen LogP contribution in [0, 0.1) is 0 Å². The van der Waals surface area contributed by atoms with Gasteiger partial charge in [-0.25, -0.2) is 0 Å². The van der Waals surface area contributed by atoms with Crippen molar-refractivity contribution >= 4 is 0 Å². The maximum absolute atomic E-state index is 13.8. The molecule has 8 rings (SSSR count). The van der Waals surface area contributed by atoms with Gasteiger partial charge in [0, 0.05) is 6.07 Å². The number of halogens is 6.